The predicted octanol–water partition coefficient (Wildman–Crippen LogP) is 3.66. The standard InChI is InChI=1S/C21H25NO4S/c1-3-27-12-11-26-21(25)18-13(2)22-16-5-4-6-17(24)20(16)19(18)14-7-9-15(23)10-8-14/h7-10,19,22-23H,3-6,11-12H2,1-2H3. The van der Waals surface area contributed by atoms with Crippen LogP contribution in [0.25, 0.3) is 0 Å². The van der Waals surface area contributed by atoms with Crippen molar-refractivity contribution in [2.45, 2.75) is 39.0 Å². The number of ketones is 1. The van der Waals surface area contributed by atoms with Crippen LogP contribution in [0.15, 0.2) is 46.8 Å². The highest BCUT2D eigenvalue weighted by atomic mass is 32.2. The first kappa shape index (κ1) is 19.5. The number of nitrogens with one attached hydrogen (secondary N) is 1. The Morgan fingerprint density at radius 3 is 2.74 bits per heavy atom. The highest BCUT2D eigenvalue weighted by Gasteiger charge is 2.39. The molecule has 5 nitrogen and oxygen atoms in total. The van der Waals surface area contributed by atoms with Crippen molar-refractivity contribution < 1.29 is 19.4 Å². The Hall–Kier alpha value is -2.21. The average Bonchev–Trinajstić information content (AvgIpc) is 2.65. The number of phenols is 1. The first-order valence-electron chi connectivity index (χ1n) is 9.30. The topological polar surface area (TPSA) is 75.6 Å². The van der Waals surface area contributed by atoms with E-state index in [1.165, 1.54) is 0 Å². The number of hydrogen-bond acceptors (Lipinski definition) is 6. The summed E-state index contributed by atoms with van der Waals surface area (Å²) in [5.41, 5.74) is 3.59. The van der Waals surface area contributed by atoms with Crippen molar-refractivity contribution >= 4 is 23.5 Å². The van der Waals surface area contributed by atoms with Crippen LogP contribution < -0.4 is 5.32 Å². The molecular formula is C21H25NO4S. The molecule has 0 fully saturated rings. The summed E-state index contributed by atoms with van der Waals surface area (Å²) in [5.74, 6) is 1.10. The molecule has 1 aromatic carbocycles. The summed E-state index contributed by atoms with van der Waals surface area (Å²) in [6, 6.07) is 6.71. The van der Waals surface area contributed by atoms with Crippen molar-refractivity contribution in [3.63, 3.8) is 0 Å². The predicted molar refractivity (Wildman–Crippen MR) is 107 cm³/mol. The minimum absolute atomic E-state index is 0.0705. The van der Waals surface area contributed by atoms with Crippen LogP contribution in [0.5, 0.6) is 5.75 Å². The lowest BCUT2D eigenvalue weighted by Gasteiger charge is -2.34. The second-order valence-electron chi connectivity index (χ2n) is 6.69. The molecule has 1 atom stereocenters. The molecule has 0 saturated heterocycles. The molecule has 1 unspecified atom stereocenters. The third kappa shape index (κ3) is 4.21. The fraction of sp³-hybridized carbons (Fsp3) is 0.429. The molecule has 1 heterocycles. The number of allylic oxidation sites excluding steroid dienone is 3. The van der Waals surface area contributed by atoms with Gasteiger partial charge in [-0.2, -0.15) is 11.8 Å². The molecule has 27 heavy (non-hydrogen) atoms. The average molecular weight is 388 g/mol. The molecule has 0 amide bonds. The molecule has 1 aliphatic carbocycles. The lowest BCUT2D eigenvalue weighted by molar-refractivity contribution is -0.138. The van der Waals surface area contributed by atoms with Gasteiger partial charge in [0.25, 0.3) is 0 Å². The Bertz CT molecular complexity index is 795. The molecule has 0 radical (unpaired) electrons. The van der Waals surface area contributed by atoms with Gasteiger partial charge in [-0.15, -0.1) is 0 Å². The number of carbonyl (C=O) groups excluding carboxylic acids is 2. The van der Waals surface area contributed by atoms with Crippen molar-refractivity contribution in [3.05, 3.63) is 52.4 Å². The van der Waals surface area contributed by atoms with Gasteiger partial charge in [0.15, 0.2) is 5.78 Å². The van der Waals surface area contributed by atoms with Gasteiger partial charge in [-0.1, -0.05) is 19.1 Å². The molecule has 1 aromatic rings. The molecule has 144 valence electrons. The molecule has 1 aliphatic heterocycles. The van der Waals surface area contributed by atoms with Crippen LogP contribution in [-0.2, 0) is 14.3 Å². The van der Waals surface area contributed by atoms with Crippen LogP contribution in [0.1, 0.15) is 44.6 Å². The minimum Gasteiger partial charge on any atom is -0.508 e. The fourth-order valence-electron chi connectivity index (χ4n) is 3.67. The van der Waals surface area contributed by atoms with Crippen molar-refractivity contribution in [3.8, 4) is 5.75 Å². The number of Topliss-reactive ketones (excluding diaryl/α,β-unsaturated/α-hetero) is 1. The Kier molecular flexibility index (Phi) is 6.26. The normalized spacial score (nSPS) is 19.6. The third-order valence-corrected chi connectivity index (χ3v) is 5.75. The summed E-state index contributed by atoms with van der Waals surface area (Å²) in [7, 11) is 0. The van der Waals surface area contributed by atoms with Crippen molar-refractivity contribution in [2.75, 3.05) is 18.1 Å². The molecule has 2 aliphatic rings. The fourth-order valence-corrected chi connectivity index (χ4v) is 4.16. The van der Waals surface area contributed by atoms with E-state index < -0.39 is 5.92 Å². The highest BCUT2D eigenvalue weighted by molar-refractivity contribution is 7.99. The van der Waals surface area contributed by atoms with Gasteiger partial charge in [0.1, 0.15) is 12.4 Å². The van der Waals surface area contributed by atoms with E-state index in [4.69, 9.17) is 4.74 Å². The number of thioether (sulfide) groups is 1. The highest BCUT2D eigenvalue weighted by Crippen LogP contribution is 2.42. The van der Waals surface area contributed by atoms with E-state index in [9.17, 15) is 14.7 Å². The molecule has 0 bridgehead atoms. The van der Waals surface area contributed by atoms with Gasteiger partial charge in [-0.25, -0.2) is 4.79 Å². The largest absolute Gasteiger partial charge is 0.508 e. The van der Waals surface area contributed by atoms with E-state index in [1.54, 1.807) is 36.0 Å². The van der Waals surface area contributed by atoms with Crippen LogP contribution in [0.4, 0.5) is 0 Å². The summed E-state index contributed by atoms with van der Waals surface area (Å²) in [5, 5.41) is 12.9. The van der Waals surface area contributed by atoms with Crippen LogP contribution in [0, 0.1) is 0 Å². The molecule has 0 saturated carbocycles. The summed E-state index contributed by atoms with van der Waals surface area (Å²) in [4.78, 5) is 25.6. The zero-order valence-electron chi connectivity index (χ0n) is 15.7. The van der Waals surface area contributed by atoms with E-state index in [0.717, 1.165) is 41.3 Å². The Balaban J connectivity index is 1.97. The molecule has 6 heteroatoms. The minimum atomic E-state index is -0.457. The maximum absolute atomic E-state index is 12.9. The monoisotopic (exact) mass is 387 g/mol. The zero-order chi connectivity index (χ0) is 19.4. The summed E-state index contributed by atoms with van der Waals surface area (Å²) < 4.78 is 5.50. The van der Waals surface area contributed by atoms with Gasteiger partial charge in [0, 0.05) is 35.1 Å². The quantitative estimate of drug-likeness (QED) is 0.573. The molecule has 0 spiro atoms. The Morgan fingerprint density at radius 1 is 1.30 bits per heavy atom. The number of rotatable bonds is 6. The van der Waals surface area contributed by atoms with E-state index >= 15 is 0 Å². The van der Waals surface area contributed by atoms with Crippen molar-refractivity contribution in [1.29, 1.82) is 0 Å². The van der Waals surface area contributed by atoms with E-state index in [2.05, 4.69) is 12.2 Å². The number of aromatic hydroxyl groups is 1. The first-order valence-corrected chi connectivity index (χ1v) is 10.5. The van der Waals surface area contributed by atoms with Gasteiger partial charge in [0.05, 0.1) is 5.57 Å². The van der Waals surface area contributed by atoms with E-state index in [1.807, 2.05) is 6.92 Å². The maximum atomic E-state index is 12.9. The smallest absolute Gasteiger partial charge is 0.336 e. The summed E-state index contributed by atoms with van der Waals surface area (Å²) >= 11 is 1.71. The second-order valence-corrected chi connectivity index (χ2v) is 8.08. The number of benzene rings is 1. The van der Waals surface area contributed by atoms with Crippen molar-refractivity contribution in [1.82, 2.24) is 5.32 Å². The van der Waals surface area contributed by atoms with Crippen LogP contribution in [0.3, 0.4) is 0 Å². The Morgan fingerprint density at radius 2 is 2.04 bits per heavy atom. The van der Waals surface area contributed by atoms with E-state index in [0.29, 0.717) is 24.2 Å². The number of phenolic OH excluding ortho intramolecular Hbond substituents is 1. The SMILES string of the molecule is CCSCCOC(=O)C1=C(C)NC2=C(C(=O)CCC2)C1c1ccc(O)cc1. The summed E-state index contributed by atoms with van der Waals surface area (Å²) in [6.45, 7) is 4.26. The number of dihydropyridines is 1. The summed E-state index contributed by atoms with van der Waals surface area (Å²) in [6.07, 6.45) is 2.10. The van der Waals surface area contributed by atoms with Gasteiger partial charge < -0.3 is 15.2 Å². The van der Waals surface area contributed by atoms with Gasteiger partial charge >= 0.3 is 5.97 Å². The number of hydrogen-bond donors (Lipinski definition) is 2. The van der Waals surface area contributed by atoms with Crippen LogP contribution in [-0.4, -0.2) is 35.0 Å². The zero-order valence-corrected chi connectivity index (χ0v) is 16.5. The molecular weight excluding hydrogens is 362 g/mol. The third-order valence-electron chi connectivity index (χ3n) is 4.89. The van der Waals surface area contributed by atoms with Crippen LogP contribution >= 0.6 is 11.8 Å². The van der Waals surface area contributed by atoms with Gasteiger partial charge in [-0.3, -0.25) is 4.79 Å². The lowest BCUT2D eigenvalue weighted by Crippen LogP contribution is -2.34. The first-order chi connectivity index (χ1) is 13.0. The van der Waals surface area contributed by atoms with Crippen LogP contribution in [0.2, 0.25) is 0 Å². The second kappa shape index (κ2) is 8.65. The Labute approximate surface area is 163 Å². The molecule has 2 N–H and O–H groups in total. The lowest BCUT2D eigenvalue weighted by atomic mass is 9.75. The van der Waals surface area contributed by atoms with Gasteiger partial charge in [-0.05, 0) is 43.2 Å². The number of carbonyl (C=O) groups is 2. The number of esters is 1. The molecule has 0 aromatic heterocycles. The van der Waals surface area contributed by atoms with Gasteiger partial charge in [0.2, 0.25) is 0 Å². The molecule has 3 rings (SSSR count). The maximum Gasteiger partial charge on any atom is 0.336 e. The van der Waals surface area contributed by atoms with Crippen molar-refractivity contribution in [2.24, 2.45) is 0 Å². The number of ether oxygens (including phenoxy) is 1. The van der Waals surface area contributed by atoms with E-state index in [-0.39, 0.29) is 17.5 Å².